The predicted octanol–water partition coefficient (Wildman–Crippen LogP) is 5.76. The van der Waals surface area contributed by atoms with Gasteiger partial charge in [-0.2, -0.15) is 10.4 Å². The summed E-state index contributed by atoms with van der Waals surface area (Å²) in [6.45, 7) is 1.49. The summed E-state index contributed by atoms with van der Waals surface area (Å²) >= 11 is 0. The number of aryl methyl sites for hydroxylation is 1. The molecule has 0 bridgehead atoms. The summed E-state index contributed by atoms with van der Waals surface area (Å²) in [5, 5.41) is 15.1. The SMILES string of the molecule is Cc1nc2ccc(N(C)C(=O)Cn3nc(-c4cccc(C#N)c4)c4ccc(OC5CCCCC5)cc4c3=O)cc2o1. The molecule has 3 aromatic carbocycles. The number of rotatable bonds is 6. The smallest absolute Gasteiger partial charge is 0.275 e. The lowest BCUT2D eigenvalue weighted by molar-refractivity contribution is -0.119. The molecule has 0 spiro atoms. The molecule has 0 saturated heterocycles. The largest absolute Gasteiger partial charge is 0.490 e. The van der Waals surface area contributed by atoms with Crippen LogP contribution >= 0.6 is 0 Å². The number of nitriles is 1. The van der Waals surface area contributed by atoms with Gasteiger partial charge >= 0.3 is 0 Å². The Hall–Kier alpha value is -4.97. The van der Waals surface area contributed by atoms with E-state index in [0.717, 1.165) is 25.7 Å². The number of nitrogens with zero attached hydrogens (tertiary/aromatic N) is 5. The molecule has 41 heavy (non-hydrogen) atoms. The van der Waals surface area contributed by atoms with Crippen LogP contribution in [0.5, 0.6) is 5.75 Å². The second-order valence-electron chi connectivity index (χ2n) is 10.4. The fourth-order valence-electron chi connectivity index (χ4n) is 5.39. The number of aromatic nitrogens is 3. The van der Waals surface area contributed by atoms with Crippen molar-refractivity contribution in [2.24, 2.45) is 0 Å². The number of carbonyl (C=O) groups is 1. The first-order valence-corrected chi connectivity index (χ1v) is 13.8. The first-order chi connectivity index (χ1) is 19.9. The number of carbonyl (C=O) groups excluding carboxylic acids is 1. The first kappa shape index (κ1) is 26.3. The molecule has 0 atom stereocenters. The number of likely N-dealkylation sites (N-methyl/N-ethyl adjacent to an activating group) is 1. The minimum atomic E-state index is -0.391. The normalized spacial score (nSPS) is 13.8. The van der Waals surface area contributed by atoms with Gasteiger partial charge in [0.1, 0.15) is 17.8 Å². The molecule has 206 valence electrons. The molecule has 1 amide bonds. The van der Waals surface area contributed by atoms with E-state index in [1.807, 2.05) is 18.2 Å². The van der Waals surface area contributed by atoms with Crippen molar-refractivity contribution >= 4 is 33.5 Å². The molecule has 0 aliphatic heterocycles. The quantitative estimate of drug-likeness (QED) is 0.265. The van der Waals surface area contributed by atoms with Crippen LogP contribution in [0.25, 0.3) is 33.1 Å². The molecule has 1 aliphatic rings. The van der Waals surface area contributed by atoms with E-state index in [4.69, 9.17) is 9.15 Å². The Balaban J connectivity index is 1.39. The summed E-state index contributed by atoms with van der Waals surface area (Å²) in [5.74, 6) is 0.828. The zero-order valence-corrected chi connectivity index (χ0v) is 23.0. The third-order valence-electron chi connectivity index (χ3n) is 7.58. The Labute approximate surface area is 236 Å². The average Bonchev–Trinajstić information content (AvgIpc) is 3.38. The van der Waals surface area contributed by atoms with Gasteiger partial charge in [0.25, 0.3) is 5.56 Å². The zero-order valence-electron chi connectivity index (χ0n) is 23.0. The van der Waals surface area contributed by atoms with E-state index in [-0.39, 0.29) is 18.6 Å². The molecule has 6 rings (SSSR count). The minimum absolute atomic E-state index is 0.123. The van der Waals surface area contributed by atoms with Crippen molar-refractivity contribution in [3.63, 3.8) is 0 Å². The highest BCUT2D eigenvalue weighted by atomic mass is 16.5. The van der Waals surface area contributed by atoms with Crippen LogP contribution in [0.15, 0.2) is 69.9 Å². The molecular formula is C32H29N5O4. The molecule has 0 unspecified atom stereocenters. The lowest BCUT2D eigenvalue weighted by atomic mass is 9.97. The molecule has 0 radical (unpaired) electrons. The van der Waals surface area contributed by atoms with Gasteiger partial charge < -0.3 is 14.1 Å². The highest BCUT2D eigenvalue weighted by molar-refractivity contribution is 5.96. The first-order valence-electron chi connectivity index (χ1n) is 13.8. The number of benzene rings is 3. The van der Waals surface area contributed by atoms with Crippen LogP contribution in [0.3, 0.4) is 0 Å². The van der Waals surface area contributed by atoms with Crippen LogP contribution in [0.2, 0.25) is 0 Å². The molecule has 1 saturated carbocycles. The average molecular weight is 548 g/mol. The van der Waals surface area contributed by atoms with E-state index < -0.39 is 5.56 Å². The van der Waals surface area contributed by atoms with Crippen molar-refractivity contribution in [2.45, 2.75) is 51.7 Å². The van der Waals surface area contributed by atoms with Gasteiger partial charge in [0.15, 0.2) is 11.5 Å². The van der Waals surface area contributed by atoms with E-state index in [0.29, 0.717) is 56.0 Å². The molecule has 2 heterocycles. The van der Waals surface area contributed by atoms with E-state index in [1.54, 1.807) is 56.4 Å². The highest BCUT2D eigenvalue weighted by Crippen LogP contribution is 2.30. The number of fused-ring (bicyclic) bond motifs is 2. The Kier molecular flexibility index (Phi) is 6.98. The fraction of sp³-hybridized carbons (Fsp3) is 0.281. The summed E-state index contributed by atoms with van der Waals surface area (Å²) in [6.07, 6.45) is 5.58. The lowest BCUT2D eigenvalue weighted by Gasteiger charge is -2.23. The van der Waals surface area contributed by atoms with Gasteiger partial charge in [-0.15, -0.1) is 0 Å². The highest BCUT2D eigenvalue weighted by Gasteiger charge is 2.20. The van der Waals surface area contributed by atoms with Crippen molar-refractivity contribution in [3.8, 4) is 23.1 Å². The Morgan fingerprint density at radius 3 is 2.73 bits per heavy atom. The third kappa shape index (κ3) is 5.29. The summed E-state index contributed by atoms with van der Waals surface area (Å²) in [7, 11) is 1.65. The van der Waals surface area contributed by atoms with Crippen molar-refractivity contribution in [2.75, 3.05) is 11.9 Å². The van der Waals surface area contributed by atoms with E-state index in [1.165, 1.54) is 16.0 Å². The summed E-state index contributed by atoms with van der Waals surface area (Å²) in [6, 6.07) is 20.0. The van der Waals surface area contributed by atoms with Crippen LogP contribution in [0, 0.1) is 18.3 Å². The number of amides is 1. The maximum Gasteiger partial charge on any atom is 0.275 e. The van der Waals surface area contributed by atoms with Gasteiger partial charge in [0, 0.05) is 36.7 Å². The summed E-state index contributed by atoms with van der Waals surface area (Å²) in [4.78, 5) is 33.0. The van der Waals surface area contributed by atoms with Crippen LogP contribution in [0.4, 0.5) is 5.69 Å². The number of oxazole rings is 1. The van der Waals surface area contributed by atoms with Crippen molar-refractivity contribution in [3.05, 3.63) is 82.5 Å². The maximum atomic E-state index is 13.8. The molecule has 2 aromatic heterocycles. The number of hydrogen-bond acceptors (Lipinski definition) is 7. The van der Waals surface area contributed by atoms with E-state index >= 15 is 0 Å². The van der Waals surface area contributed by atoms with Crippen LogP contribution < -0.4 is 15.2 Å². The molecule has 9 heteroatoms. The lowest BCUT2D eigenvalue weighted by Crippen LogP contribution is -2.35. The van der Waals surface area contributed by atoms with Crippen molar-refractivity contribution < 1.29 is 13.9 Å². The van der Waals surface area contributed by atoms with Gasteiger partial charge in [-0.3, -0.25) is 9.59 Å². The molecule has 5 aromatic rings. The number of ether oxygens (including phenoxy) is 1. The molecule has 1 fully saturated rings. The van der Waals surface area contributed by atoms with Crippen molar-refractivity contribution in [1.29, 1.82) is 5.26 Å². The standard InChI is InChI=1S/C32H29N5O4/c1-20-34-28-14-11-23(16-29(28)40-20)36(2)30(38)19-37-32(39)27-17-25(41-24-9-4-3-5-10-24)12-13-26(27)31(35-37)22-8-6-7-21(15-22)18-33/h6-8,11-17,24H,3-5,9-10,19H2,1-2H3. The van der Waals surface area contributed by atoms with Crippen LogP contribution in [-0.4, -0.2) is 33.8 Å². The molecule has 1 aliphatic carbocycles. The summed E-state index contributed by atoms with van der Waals surface area (Å²) in [5.41, 5.74) is 3.16. The van der Waals surface area contributed by atoms with Crippen molar-refractivity contribution in [1.82, 2.24) is 14.8 Å². The molecule has 0 N–H and O–H groups in total. The van der Waals surface area contributed by atoms with Gasteiger partial charge in [-0.05, 0) is 68.1 Å². The van der Waals surface area contributed by atoms with Gasteiger partial charge in [-0.1, -0.05) is 18.6 Å². The summed E-state index contributed by atoms with van der Waals surface area (Å²) < 4.78 is 13.1. The second kappa shape index (κ2) is 10.9. The predicted molar refractivity (Wildman–Crippen MR) is 156 cm³/mol. The van der Waals surface area contributed by atoms with Gasteiger partial charge in [-0.25, -0.2) is 9.67 Å². The second-order valence-corrected chi connectivity index (χ2v) is 10.4. The van der Waals surface area contributed by atoms with Crippen LogP contribution in [-0.2, 0) is 11.3 Å². The third-order valence-corrected chi connectivity index (χ3v) is 7.58. The molecular weight excluding hydrogens is 518 g/mol. The molecule has 9 nitrogen and oxygen atoms in total. The Morgan fingerprint density at radius 2 is 1.93 bits per heavy atom. The van der Waals surface area contributed by atoms with Gasteiger partial charge in [0.2, 0.25) is 5.91 Å². The monoisotopic (exact) mass is 547 g/mol. The Morgan fingerprint density at radius 1 is 1.10 bits per heavy atom. The Bertz CT molecular complexity index is 1880. The van der Waals surface area contributed by atoms with E-state index in [2.05, 4.69) is 16.2 Å². The maximum absolute atomic E-state index is 13.8. The zero-order chi connectivity index (χ0) is 28.5. The minimum Gasteiger partial charge on any atom is -0.490 e. The van der Waals surface area contributed by atoms with Crippen LogP contribution in [0.1, 0.15) is 43.6 Å². The number of anilines is 1. The fourth-order valence-corrected chi connectivity index (χ4v) is 5.39. The number of hydrogen-bond donors (Lipinski definition) is 0. The topological polar surface area (TPSA) is 114 Å². The van der Waals surface area contributed by atoms with Gasteiger partial charge in [0.05, 0.1) is 28.8 Å². The van der Waals surface area contributed by atoms with E-state index in [9.17, 15) is 14.9 Å².